The van der Waals surface area contributed by atoms with E-state index in [2.05, 4.69) is 32.2 Å². The van der Waals surface area contributed by atoms with Gasteiger partial charge in [-0.3, -0.25) is 0 Å². The fraction of sp³-hybridized carbons (Fsp3) is 0.118. The number of halogens is 2. The Hall–Kier alpha value is -2.36. The molecule has 3 rings (SSSR count). The van der Waals surface area contributed by atoms with Gasteiger partial charge >= 0.3 is 0 Å². The molecule has 0 spiro atoms. The van der Waals surface area contributed by atoms with E-state index >= 15 is 0 Å². The van der Waals surface area contributed by atoms with Crippen LogP contribution < -0.4 is 4.74 Å². The average molecular weight is 404 g/mol. The van der Waals surface area contributed by atoms with Crippen LogP contribution in [0.25, 0.3) is 11.4 Å². The number of hydrogen-bond acceptors (Lipinski definition) is 4. The van der Waals surface area contributed by atoms with Crippen molar-refractivity contribution in [2.75, 3.05) is 0 Å². The van der Waals surface area contributed by atoms with Crippen LogP contribution in [-0.2, 0) is 13.7 Å². The van der Waals surface area contributed by atoms with Gasteiger partial charge in [0.1, 0.15) is 12.4 Å². The maximum atomic E-state index is 8.89. The van der Waals surface area contributed by atoms with E-state index in [1.165, 1.54) is 0 Å². The standard InChI is InChI=1S/C17H12BrClN4O/c1-23-16(10-24-15-7-6-11(9-20)8-13(15)18)21-22-17(23)12-4-2-3-5-14(12)19/h2-8H,10H2,1H3. The zero-order chi connectivity index (χ0) is 17.1. The Morgan fingerprint density at radius 3 is 2.75 bits per heavy atom. The van der Waals surface area contributed by atoms with Crippen LogP contribution in [0.15, 0.2) is 46.9 Å². The van der Waals surface area contributed by atoms with Crippen LogP contribution in [0.4, 0.5) is 0 Å². The van der Waals surface area contributed by atoms with Crippen molar-refractivity contribution in [1.29, 1.82) is 5.26 Å². The Kier molecular flexibility index (Phi) is 4.84. The monoisotopic (exact) mass is 402 g/mol. The number of benzene rings is 2. The summed E-state index contributed by atoms with van der Waals surface area (Å²) in [6, 6.07) is 14.7. The van der Waals surface area contributed by atoms with Crippen LogP contribution in [0, 0.1) is 11.3 Å². The molecule has 1 heterocycles. The van der Waals surface area contributed by atoms with Gasteiger partial charge in [0.25, 0.3) is 0 Å². The largest absolute Gasteiger partial charge is 0.484 e. The summed E-state index contributed by atoms with van der Waals surface area (Å²) < 4.78 is 8.33. The molecule has 0 bridgehead atoms. The highest BCUT2D eigenvalue weighted by molar-refractivity contribution is 9.10. The van der Waals surface area contributed by atoms with Crippen molar-refractivity contribution in [2.45, 2.75) is 6.61 Å². The molecule has 2 aromatic carbocycles. The predicted molar refractivity (Wildman–Crippen MR) is 94.6 cm³/mol. The highest BCUT2D eigenvalue weighted by atomic mass is 79.9. The summed E-state index contributed by atoms with van der Waals surface area (Å²) in [5.74, 6) is 1.98. The number of aromatic nitrogens is 3. The molecule has 0 aliphatic heterocycles. The molecule has 0 saturated carbocycles. The highest BCUT2D eigenvalue weighted by Gasteiger charge is 2.14. The summed E-state index contributed by atoms with van der Waals surface area (Å²) in [6.07, 6.45) is 0. The number of nitrogens with zero attached hydrogens (tertiary/aromatic N) is 4. The number of ether oxygens (including phenoxy) is 1. The van der Waals surface area contributed by atoms with Crippen LogP contribution in [0.3, 0.4) is 0 Å². The summed E-state index contributed by atoms with van der Waals surface area (Å²) in [7, 11) is 1.87. The molecule has 3 aromatic rings. The minimum atomic E-state index is 0.248. The second-order valence-electron chi connectivity index (χ2n) is 5.02. The second-order valence-corrected chi connectivity index (χ2v) is 6.29. The van der Waals surface area contributed by atoms with E-state index in [1.807, 2.05) is 35.9 Å². The van der Waals surface area contributed by atoms with Crippen molar-refractivity contribution in [1.82, 2.24) is 14.8 Å². The number of rotatable bonds is 4. The van der Waals surface area contributed by atoms with Gasteiger partial charge in [0, 0.05) is 12.6 Å². The first kappa shape index (κ1) is 16.5. The van der Waals surface area contributed by atoms with Gasteiger partial charge in [0.15, 0.2) is 11.6 Å². The normalized spacial score (nSPS) is 10.4. The van der Waals surface area contributed by atoms with Gasteiger partial charge < -0.3 is 9.30 Å². The SMILES string of the molecule is Cn1c(COc2ccc(C#N)cc2Br)nnc1-c1ccccc1Cl. The Labute approximate surface area is 152 Å². The molecule has 5 nitrogen and oxygen atoms in total. The van der Waals surface area contributed by atoms with E-state index in [-0.39, 0.29) is 6.61 Å². The van der Waals surface area contributed by atoms with E-state index in [0.29, 0.717) is 28.0 Å². The highest BCUT2D eigenvalue weighted by Crippen LogP contribution is 2.28. The van der Waals surface area contributed by atoms with Crippen LogP contribution in [0.5, 0.6) is 5.75 Å². The van der Waals surface area contributed by atoms with Crippen molar-refractivity contribution < 1.29 is 4.74 Å². The fourth-order valence-corrected chi connectivity index (χ4v) is 2.91. The molecule has 7 heteroatoms. The van der Waals surface area contributed by atoms with Gasteiger partial charge in [-0.25, -0.2) is 0 Å². The van der Waals surface area contributed by atoms with Crippen molar-refractivity contribution in [2.24, 2.45) is 7.05 Å². The lowest BCUT2D eigenvalue weighted by Crippen LogP contribution is -2.05. The maximum Gasteiger partial charge on any atom is 0.171 e. The molecular formula is C17H12BrClN4O. The van der Waals surface area contributed by atoms with E-state index in [9.17, 15) is 0 Å². The second kappa shape index (κ2) is 7.04. The summed E-state index contributed by atoms with van der Waals surface area (Å²) in [5, 5.41) is 17.9. The molecule has 0 atom stereocenters. The Bertz CT molecular complexity index is 933. The molecule has 0 amide bonds. The van der Waals surface area contributed by atoms with Crippen molar-refractivity contribution >= 4 is 27.5 Å². The molecule has 24 heavy (non-hydrogen) atoms. The molecule has 0 fully saturated rings. The van der Waals surface area contributed by atoms with E-state index in [1.54, 1.807) is 18.2 Å². The minimum Gasteiger partial charge on any atom is -0.484 e. The summed E-state index contributed by atoms with van der Waals surface area (Å²) in [4.78, 5) is 0. The summed E-state index contributed by atoms with van der Waals surface area (Å²) in [6.45, 7) is 0.248. The first-order valence-corrected chi connectivity index (χ1v) is 8.23. The molecule has 120 valence electrons. The number of nitriles is 1. The molecule has 0 radical (unpaired) electrons. The molecule has 0 N–H and O–H groups in total. The summed E-state index contributed by atoms with van der Waals surface area (Å²) in [5.41, 5.74) is 1.38. The van der Waals surface area contributed by atoms with Gasteiger partial charge in [-0.15, -0.1) is 10.2 Å². The smallest absolute Gasteiger partial charge is 0.171 e. The topological polar surface area (TPSA) is 63.7 Å². The molecular weight excluding hydrogens is 392 g/mol. The van der Waals surface area contributed by atoms with Crippen LogP contribution in [0.2, 0.25) is 5.02 Å². The molecule has 0 saturated heterocycles. The fourth-order valence-electron chi connectivity index (χ4n) is 2.19. The Morgan fingerprint density at radius 1 is 1.25 bits per heavy atom. The van der Waals surface area contributed by atoms with Gasteiger partial charge in [-0.05, 0) is 46.3 Å². The third-order valence-electron chi connectivity index (χ3n) is 3.50. The van der Waals surface area contributed by atoms with Gasteiger partial charge in [-0.2, -0.15) is 5.26 Å². The Balaban J connectivity index is 1.80. The lowest BCUT2D eigenvalue weighted by molar-refractivity contribution is 0.289. The van der Waals surface area contributed by atoms with Gasteiger partial charge in [-0.1, -0.05) is 23.7 Å². The van der Waals surface area contributed by atoms with Crippen LogP contribution in [-0.4, -0.2) is 14.8 Å². The molecule has 0 aliphatic rings. The van der Waals surface area contributed by atoms with E-state index in [4.69, 9.17) is 21.6 Å². The third-order valence-corrected chi connectivity index (χ3v) is 4.45. The van der Waals surface area contributed by atoms with Crippen LogP contribution >= 0.6 is 27.5 Å². The average Bonchev–Trinajstić information content (AvgIpc) is 2.95. The first-order chi connectivity index (χ1) is 11.6. The van der Waals surface area contributed by atoms with Crippen molar-refractivity contribution in [3.63, 3.8) is 0 Å². The quantitative estimate of drug-likeness (QED) is 0.650. The molecule has 0 aliphatic carbocycles. The third kappa shape index (κ3) is 3.28. The van der Waals surface area contributed by atoms with E-state index < -0.39 is 0 Å². The zero-order valence-corrected chi connectivity index (χ0v) is 15.0. The van der Waals surface area contributed by atoms with Gasteiger partial charge in [0.2, 0.25) is 0 Å². The zero-order valence-electron chi connectivity index (χ0n) is 12.7. The van der Waals surface area contributed by atoms with Crippen molar-refractivity contribution in [3.05, 3.63) is 63.3 Å². The lowest BCUT2D eigenvalue weighted by atomic mass is 10.2. The number of hydrogen-bond donors (Lipinski definition) is 0. The minimum absolute atomic E-state index is 0.248. The first-order valence-electron chi connectivity index (χ1n) is 7.05. The lowest BCUT2D eigenvalue weighted by Gasteiger charge is -2.09. The Morgan fingerprint density at radius 2 is 2.04 bits per heavy atom. The van der Waals surface area contributed by atoms with Gasteiger partial charge in [0.05, 0.1) is 21.1 Å². The molecule has 1 aromatic heterocycles. The predicted octanol–water partition coefficient (Wildman–Crippen LogP) is 4.35. The molecule has 0 unspecified atom stereocenters. The van der Waals surface area contributed by atoms with E-state index in [0.717, 1.165) is 10.0 Å². The maximum absolute atomic E-state index is 8.89. The van der Waals surface area contributed by atoms with Crippen LogP contribution in [0.1, 0.15) is 11.4 Å². The summed E-state index contributed by atoms with van der Waals surface area (Å²) >= 11 is 9.61. The van der Waals surface area contributed by atoms with Crippen molar-refractivity contribution in [3.8, 4) is 23.2 Å².